The predicted octanol–water partition coefficient (Wildman–Crippen LogP) is 3.84. The smallest absolute Gasteiger partial charge is 0.121 e. The van der Waals surface area contributed by atoms with Crippen molar-refractivity contribution in [2.75, 3.05) is 7.05 Å². The lowest BCUT2D eigenvalue weighted by Crippen LogP contribution is -1.87. The lowest BCUT2D eigenvalue weighted by Gasteiger charge is -2.04. The molecule has 5 heteroatoms. The first-order valence-electron chi connectivity index (χ1n) is 6.47. The number of rotatable bonds is 3. The second-order valence-electron chi connectivity index (χ2n) is 4.55. The highest BCUT2D eigenvalue weighted by Crippen LogP contribution is 2.26. The monoisotopic (exact) mass is 296 g/mol. The van der Waals surface area contributed by atoms with E-state index in [9.17, 15) is 0 Å². The number of halogens is 1. The van der Waals surface area contributed by atoms with E-state index in [1.54, 1.807) is 13.3 Å². The number of benzene rings is 2. The van der Waals surface area contributed by atoms with Crippen LogP contribution < -0.4 is 0 Å². The van der Waals surface area contributed by atoms with Gasteiger partial charge < -0.3 is 0 Å². The molecule has 104 valence electrons. The Morgan fingerprint density at radius 2 is 1.81 bits per heavy atom. The molecule has 1 N–H and O–H groups in total. The summed E-state index contributed by atoms with van der Waals surface area (Å²) in [6.07, 6.45) is 1.71. The molecule has 0 fully saturated rings. The Morgan fingerprint density at radius 3 is 2.52 bits per heavy atom. The Kier molecular flexibility index (Phi) is 3.79. The van der Waals surface area contributed by atoms with Gasteiger partial charge in [-0.15, -0.1) is 5.10 Å². The van der Waals surface area contributed by atoms with Crippen LogP contribution in [0.15, 0.2) is 53.5 Å². The third kappa shape index (κ3) is 2.85. The van der Waals surface area contributed by atoms with Crippen LogP contribution in [0.25, 0.3) is 22.4 Å². The maximum atomic E-state index is 6.03. The molecule has 0 bridgehead atoms. The molecule has 3 rings (SSSR count). The minimum Gasteiger partial charge on any atom is -0.294 e. The van der Waals surface area contributed by atoms with Crippen LogP contribution in [0.4, 0.5) is 0 Å². The highest BCUT2D eigenvalue weighted by molar-refractivity contribution is 6.30. The fourth-order valence-electron chi connectivity index (χ4n) is 2.16. The van der Waals surface area contributed by atoms with Gasteiger partial charge in [-0.25, -0.2) is 0 Å². The van der Waals surface area contributed by atoms with E-state index in [4.69, 9.17) is 11.6 Å². The molecule has 0 aliphatic rings. The zero-order valence-corrected chi connectivity index (χ0v) is 12.2. The minimum absolute atomic E-state index is 0.731. The Balaban J connectivity index is 1.96. The molecule has 2 aromatic carbocycles. The number of aliphatic imine (C=N–C) groups is 1. The van der Waals surface area contributed by atoms with Gasteiger partial charge in [-0.3, -0.25) is 10.1 Å². The highest BCUT2D eigenvalue weighted by Gasteiger charge is 2.08. The van der Waals surface area contributed by atoms with E-state index in [0.29, 0.717) is 0 Å². The summed E-state index contributed by atoms with van der Waals surface area (Å²) >= 11 is 6.03. The number of hydrogen-bond donors (Lipinski definition) is 1. The SMILES string of the molecule is C/N=C/c1[nH]nnc1-c1ccc(-c2cccc(Cl)c2)cc1. The first-order valence-corrected chi connectivity index (χ1v) is 6.85. The van der Waals surface area contributed by atoms with Gasteiger partial charge in [0.15, 0.2) is 0 Å². The number of nitrogens with zero attached hydrogens (tertiary/aromatic N) is 3. The second-order valence-corrected chi connectivity index (χ2v) is 4.99. The van der Waals surface area contributed by atoms with Crippen molar-refractivity contribution < 1.29 is 0 Å². The first kappa shape index (κ1) is 13.5. The molecule has 0 saturated heterocycles. The average molecular weight is 297 g/mol. The van der Waals surface area contributed by atoms with Crippen LogP contribution in [0.5, 0.6) is 0 Å². The van der Waals surface area contributed by atoms with Gasteiger partial charge in [-0.1, -0.05) is 53.2 Å². The lowest BCUT2D eigenvalue weighted by molar-refractivity contribution is 0.940. The van der Waals surface area contributed by atoms with Crippen LogP contribution in [-0.2, 0) is 0 Å². The number of aromatic nitrogens is 3. The molecule has 21 heavy (non-hydrogen) atoms. The van der Waals surface area contributed by atoms with Gasteiger partial charge in [-0.2, -0.15) is 0 Å². The highest BCUT2D eigenvalue weighted by atomic mass is 35.5. The molecule has 0 saturated carbocycles. The molecule has 4 nitrogen and oxygen atoms in total. The second kappa shape index (κ2) is 5.89. The summed E-state index contributed by atoms with van der Waals surface area (Å²) in [7, 11) is 1.72. The largest absolute Gasteiger partial charge is 0.294 e. The number of aromatic amines is 1. The summed E-state index contributed by atoms with van der Waals surface area (Å²) in [6, 6.07) is 15.9. The van der Waals surface area contributed by atoms with E-state index in [-0.39, 0.29) is 0 Å². The summed E-state index contributed by atoms with van der Waals surface area (Å²) in [5.74, 6) is 0. The maximum Gasteiger partial charge on any atom is 0.121 e. The minimum atomic E-state index is 0.731. The molecule has 0 atom stereocenters. The zero-order valence-electron chi connectivity index (χ0n) is 11.4. The van der Waals surface area contributed by atoms with Gasteiger partial charge in [0.05, 0.1) is 0 Å². The standard InChI is InChI=1S/C16H13ClN4/c1-18-10-15-16(20-21-19-15)12-7-5-11(6-8-12)13-3-2-4-14(17)9-13/h2-10H,1H3,(H,19,20,21)/b18-10+. The predicted molar refractivity (Wildman–Crippen MR) is 85.8 cm³/mol. The molecule has 1 aromatic heterocycles. The van der Waals surface area contributed by atoms with Crippen LogP contribution >= 0.6 is 11.6 Å². The average Bonchev–Trinajstić information content (AvgIpc) is 2.96. The van der Waals surface area contributed by atoms with Crippen LogP contribution in [0.2, 0.25) is 5.02 Å². The number of hydrogen-bond acceptors (Lipinski definition) is 3. The number of H-pyrrole nitrogens is 1. The Labute approximate surface area is 127 Å². The molecule has 0 spiro atoms. The van der Waals surface area contributed by atoms with E-state index in [2.05, 4.69) is 20.4 Å². The Bertz CT molecular complexity index is 775. The first-order chi connectivity index (χ1) is 10.3. The molecule has 0 aliphatic heterocycles. The fraction of sp³-hybridized carbons (Fsp3) is 0.0625. The van der Waals surface area contributed by atoms with Gasteiger partial charge >= 0.3 is 0 Å². The van der Waals surface area contributed by atoms with E-state index in [0.717, 1.165) is 33.1 Å². The van der Waals surface area contributed by atoms with Crippen molar-refractivity contribution in [3.63, 3.8) is 0 Å². The quantitative estimate of drug-likeness (QED) is 0.747. The van der Waals surface area contributed by atoms with E-state index >= 15 is 0 Å². The van der Waals surface area contributed by atoms with Crippen LogP contribution in [-0.4, -0.2) is 28.7 Å². The van der Waals surface area contributed by atoms with Crippen molar-refractivity contribution >= 4 is 17.8 Å². The van der Waals surface area contributed by atoms with Crippen LogP contribution in [0.3, 0.4) is 0 Å². The molecule has 1 heterocycles. The Morgan fingerprint density at radius 1 is 1.05 bits per heavy atom. The molecule has 0 amide bonds. The van der Waals surface area contributed by atoms with E-state index in [1.165, 1.54) is 0 Å². The van der Waals surface area contributed by atoms with Crippen molar-refractivity contribution in [2.24, 2.45) is 4.99 Å². The van der Waals surface area contributed by atoms with Crippen molar-refractivity contribution in [1.82, 2.24) is 15.4 Å². The summed E-state index contributed by atoms with van der Waals surface area (Å²) in [5.41, 5.74) is 4.77. The summed E-state index contributed by atoms with van der Waals surface area (Å²) in [4.78, 5) is 3.99. The van der Waals surface area contributed by atoms with Crippen molar-refractivity contribution in [2.45, 2.75) is 0 Å². The third-order valence-electron chi connectivity index (χ3n) is 3.15. The fourth-order valence-corrected chi connectivity index (χ4v) is 2.35. The van der Waals surface area contributed by atoms with Crippen molar-refractivity contribution in [3.05, 3.63) is 59.2 Å². The van der Waals surface area contributed by atoms with Crippen molar-refractivity contribution in [3.8, 4) is 22.4 Å². The molecule has 0 unspecified atom stereocenters. The number of nitrogens with one attached hydrogen (secondary N) is 1. The summed E-state index contributed by atoms with van der Waals surface area (Å²) in [6.45, 7) is 0. The van der Waals surface area contributed by atoms with E-state index < -0.39 is 0 Å². The van der Waals surface area contributed by atoms with Crippen molar-refractivity contribution in [1.29, 1.82) is 0 Å². The van der Waals surface area contributed by atoms with Crippen LogP contribution in [0.1, 0.15) is 5.69 Å². The zero-order chi connectivity index (χ0) is 14.7. The molecular formula is C16H13ClN4. The topological polar surface area (TPSA) is 53.9 Å². The molecule has 0 radical (unpaired) electrons. The van der Waals surface area contributed by atoms with E-state index in [1.807, 2.05) is 48.5 Å². The van der Waals surface area contributed by atoms with Gasteiger partial charge in [0.2, 0.25) is 0 Å². The maximum absolute atomic E-state index is 6.03. The molecular weight excluding hydrogens is 284 g/mol. The summed E-state index contributed by atoms with van der Waals surface area (Å²) in [5, 5.41) is 11.5. The third-order valence-corrected chi connectivity index (χ3v) is 3.39. The van der Waals surface area contributed by atoms with Gasteiger partial charge in [0.25, 0.3) is 0 Å². The lowest BCUT2D eigenvalue weighted by atomic mass is 10.0. The Hall–Kier alpha value is -2.46. The normalized spacial score (nSPS) is 11.1. The summed E-state index contributed by atoms with van der Waals surface area (Å²) < 4.78 is 0. The van der Waals surface area contributed by atoms with Gasteiger partial charge in [0.1, 0.15) is 11.4 Å². The molecule has 3 aromatic rings. The van der Waals surface area contributed by atoms with Gasteiger partial charge in [-0.05, 0) is 23.3 Å². The van der Waals surface area contributed by atoms with Gasteiger partial charge in [0, 0.05) is 23.8 Å². The van der Waals surface area contributed by atoms with Crippen LogP contribution in [0, 0.1) is 0 Å². The molecule has 0 aliphatic carbocycles.